The fourth-order valence-electron chi connectivity index (χ4n) is 1.95. The number of rotatable bonds is 4. The lowest BCUT2D eigenvalue weighted by atomic mass is 10.3. The fraction of sp³-hybridized carbons (Fsp3) is 0. The van der Waals surface area contributed by atoms with Crippen molar-refractivity contribution in [1.29, 1.82) is 0 Å². The van der Waals surface area contributed by atoms with Gasteiger partial charge in [0.05, 0.1) is 6.20 Å². The Morgan fingerprint density at radius 2 is 2.00 bits per heavy atom. The summed E-state index contributed by atoms with van der Waals surface area (Å²) in [6.45, 7) is 0. The van der Waals surface area contributed by atoms with E-state index in [1.165, 1.54) is 12.3 Å². The average molecular weight is 354 g/mol. The molecular weight excluding hydrogens is 346 g/mol. The van der Waals surface area contributed by atoms with E-state index in [0.717, 1.165) is 16.8 Å². The standard InChI is InChI=1S/C13H8F2N4O4S/c14-7-1-2-9(15)10(5-7)24(22,23)18-11-3-4-19-12(17-11)8(6-16-19)13(20)21/h1-6H,(H,17,18)(H,20,21). The number of aromatic nitrogens is 3. The third kappa shape index (κ3) is 2.76. The minimum absolute atomic E-state index is 0.109. The van der Waals surface area contributed by atoms with E-state index in [9.17, 15) is 22.0 Å². The highest BCUT2D eigenvalue weighted by molar-refractivity contribution is 7.92. The molecule has 0 fully saturated rings. The Balaban J connectivity index is 2.04. The third-order valence-corrected chi connectivity index (χ3v) is 4.39. The van der Waals surface area contributed by atoms with E-state index in [1.807, 2.05) is 4.72 Å². The SMILES string of the molecule is O=C(O)c1cnn2ccc(NS(=O)(=O)c3cc(F)ccc3F)nc12. The van der Waals surface area contributed by atoms with Crippen molar-refractivity contribution in [2.24, 2.45) is 0 Å². The van der Waals surface area contributed by atoms with E-state index in [4.69, 9.17) is 5.11 Å². The van der Waals surface area contributed by atoms with Crippen molar-refractivity contribution in [3.05, 3.63) is 53.9 Å². The van der Waals surface area contributed by atoms with Gasteiger partial charge in [0.25, 0.3) is 10.0 Å². The molecule has 0 spiro atoms. The van der Waals surface area contributed by atoms with Crippen LogP contribution in [0.15, 0.2) is 41.6 Å². The van der Waals surface area contributed by atoms with E-state index in [0.29, 0.717) is 12.1 Å². The normalized spacial score (nSPS) is 11.6. The highest BCUT2D eigenvalue weighted by Gasteiger charge is 2.21. The number of nitrogens with one attached hydrogen (secondary N) is 1. The van der Waals surface area contributed by atoms with Gasteiger partial charge in [0.1, 0.15) is 27.9 Å². The number of benzene rings is 1. The molecule has 3 rings (SSSR count). The molecule has 0 radical (unpaired) electrons. The summed E-state index contributed by atoms with van der Waals surface area (Å²) in [6.07, 6.45) is 2.32. The van der Waals surface area contributed by atoms with Gasteiger partial charge >= 0.3 is 5.97 Å². The van der Waals surface area contributed by atoms with Crippen molar-refractivity contribution in [1.82, 2.24) is 14.6 Å². The number of carbonyl (C=O) groups is 1. The quantitative estimate of drug-likeness (QED) is 0.734. The Kier molecular flexibility index (Phi) is 3.64. The second kappa shape index (κ2) is 5.53. The van der Waals surface area contributed by atoms with Gasteiger partial charge < -0.3 is 5.11 Å². The van der Waals surface area contributed by atoms with E-state index in [-0.39, 0.29) is 17.0 Å². The van der Waals surface area contributed by atoms with Crippen molar-refractivity contribution in [2.75, 3.05) is 4.72 Å². The van der Waals surface area contributed by atoms with Gasteiger partial charge in [-0.1, -0.05) is 0 Å². The fourth-order valence-corrected chi connectivity index (χ4v) is 3.04. The Morgan fingerprint density at radius 3 is 2.71 bits per heavy atom. The molecule has 1 aromatic carbocycles. The van der Waals surface area contributed by atoms with E-state index >= 15 is 0 Å². The third-order valence-electron chi connectivity index (χ3n) is 3.02. The summed E-state index contributed by atoms with van der Waals surface area (Å²) >= 11 is 0. The van der Waals surface area contributed by atoms with Crippen molar-refractivity contribution in [3.8, 4) is 0 Å². The van der Waals surface area contributed by atoms with E-state index < -0.39 is 32.5 Å². The zero-order valence-electron chi connectivity index (χ0n) is 11.6. The van der Waals surface area contributed by atoms with Gasteiger partial charge in [-0.15, -0.1) is 0 Å². The van der Waals surface area contributed by atoms with Crippen LogP contribution in [0.3, 0.4) is 0 Å². The summed E-state index contributed by atoms with van der Waals surface area (Å²) in [5.41, 5.74) is -0.351. The molecule has 11 heteroatoms. The lowest BCUT2D eigenvalue weighted by Gasteiger charge is -2.08. The number of hydrogen-bond acceptors (Lipinski definition) is 5. The molecule has 24 heavy (non-hydrogen) atoms. The largest absolute Gasteiger partial charge is 0.477 e. The highest BCUT2D eigenvalue weighted by Crippen LogP contribution is 2.20. The number of carboxylic acid groups (broad SMARTS) is 1. The molecule has 0 bridgehead atoms. The van der Waals surface area contributed by atoms with Crippen molar-refractivity contribution < 1.29 is 27.1 Å². The minimum Gasteiger partial charge on any atom is -0.477 e. The molecule has 0 aliphatic rings. The number of aromatic carboxylic acids is 1. The van der Waals surface area contributed by atoms with Crippen LogP contribution in [0.2, 0.25) is 0 Å². The van der Waals surface area contributed by atoms with Gasteiger partial charge in [-0.25, -0.2) is 31.5 Å². The van der Waals surface area contributed by atoms with Gasteiger partial charge in [0.2, 0.25) is 0 Å². The first-order chi connectivity index (χ1) is 11.3. The Bertz CT molecular complexity index is 1070. The molecule has 0 aliphatic carbocycles. The van der Waals surface area contributed by atoms with E-state index in [2.05, 4.69) is 10.1 Å². The van der Waals surface area contributed by atoms with Crippen molar-refractivity contribution >= 4 is 27.5 Å². The minimum atomic E-state index is -4.46. The summed E-state index contributed by atoms with van der Waals surface area (Å²) in [6, 6.07) is 3.18. The highest BCUT2D eigenvalue weighted by atomic mass is 32.2. The summed E-state index contributed by atoms with van der Waals surface area (Å²) in [5.74, 6) is -3.63. The van der Waals surface area contributed by atoms with Crippen LogP contribution in [0.4, 0.5) is 14.6 Å². The average Bonchev–Trinajstić information content (AvgIpc) is 2.92. The second-order valence-corrected chi connectivity index (χ2v) is 6.28. The van der Waals surface area contributed by atoms with Crippen LogP contribution in [-0.2, 0) is 10.0 Å². The maximum atomic E-state index is 13.6. The number of carboxylic acids is 1. The van der Waals surface area contributed by atoms with Crippen LogP contribution in [0, 0.1) is 11.6 Å². The molecule has 3 aromatic rings. The number of sulfonamides is 1. The number of hydrogen-bond donors (Lipinski definition) is 2. The second-order valence-electron chi connectivity index (χ2n) is 4.62. The molecular formula is C13H8F2N4O4S. The monoisotopic (exact) mass is 354 g/mol. The predicted octanol–water partition coefficient (Wildman–Crippen LogP) is 1.51. The first kappa shape index (κ1) is 15.8. The topological polar surface area (TPSA) is 114 Å². The van der Waals surface area contributed by atoms with Gasteiger partial charge in [-0.3, -0.25) is 4.72 Å². The zero-order valence-corrected chi connectivity index (χ0v) is 12.5. The van der Waals surface area contributed by atoms with Crippen LogP contribution in [0.25, 0.3) is 5.65 Å². The van der Waals surface area contributed by atoms with Gasteiger partial charge in [-0.05, 0) is 24.3 Å². The summed E-state index contributed by atoms with van der Waals surface area (Å²) in [4.78, 5) is 14.0. The number of halogens is 2. The molecule has 8 nitrogen and oxygen atoms in total. The molecule has 0 aliphatic heterocycles. The summed E-state index contributed by atoms with van der Waals surface area (Å²) in [5, 5.41) is 12.8. The molecule has 0 saturated heterocycles. The first-order valence-electron chi connectivity index (χ1n) is 6.33. The molecule has 0 atom stereocenters. The van der Waals surface area contributed by atoms with Crippen molar-refractivity contribution in [2.45, 2.75) is 4.90 Å². The summed E-state index contributed by atoms with van der Waals surface area (Å²) in [7, 11) is -4.46. The molecule has 0 unspecified atom stereocenters. The zero-order chi connectivity index (χ0) is 17.5. The van der Waals surface area contributed by atoms with Gasteiger partial charge in [0, 0.05) is 6.20 Å². The van der Waals surface area contributed by atoms with Crippen LogP contribution in [-0.4, -0.2) is 34.1 Å². The van der Waals surface area contributed by atoms with Crippen molar-refractivity contribution in [3.63, 3.8) is 0 Å². The number of nitrogens with zero attached hydrogens (tertiary/aromatic N) is 3. The Morgan fingerprint density at radius 1 is 1.25 bits per heavy atom. The van der Waals surface area contributed by atoms with Crippen LogP contribution < -0.4 is 4.72 Å². The van der Waals surface area contributed by atoms with Crippen LogP contribution in [0.5, 0.6) is 0 Å². The maximum Gasteiger partial charge on any atom is 0.341 e. The molecule has 0 saturated carbocycles. The first-order valence-corrected chi connectivity index (χ1v) is 7.82. The molecule has 2 N–H and O–H groups in total. The molecule has 0 amide bonds. The number of anilines is 1. The lowest BCUT2D eigenvalue weighted by molar-refractivity contribution is 0.0698. The predicted molar refractivity (Wildman–Crippen MR) is 77.1 cm³/mol. The van der Waals surface area contributed by atoms with Crippen LogP contribution in [0.1, 0.15) is 10.4 Å². The maximum absolute atomic E-state index is 13.6. The molecule has 124 valence electrons. The smallest absolute Gasteiger partial charge is 0.341 e. The Hall–Kier alpha value is -3.08. The van der Waals surface area contributed by atoms with Gasteiger partial charge in [-0.2, -0.15) is 5.10 Å². The van der Waals surface area contributed by atoms with Crippen LogP contribution >= 0.6 is 0 Å². The number of fused-ring (bicyclic) bond motifs is 1. The Labute approximate surface area is 133 Å². The lowest BCUT2D eigenvalue weighted by Crippen LogP contribution is -2.16. The van der Waals surface area contributed by atoms with E-state index in [1.54, 1.807) is 0 Å². The molecule has 2 aromatic heterocycles. The molecule has 2 heterocycles. The van der Waals surface area contributed by atoms with Gasteiger partial charge in [0.15, 0.2) is 5.65 Å². The summed E-state index contributed by atoms with van der Waals surface area (Å²) < 4.78 is 54.3.